The fourth-order valence-corrected chi connectivity index (χ4v) is 8.43. The summed E-state index contributed by atoms with van der Waals surface area (Å²) in [6.45, 7) is 6.78. The number of phenols is 2. The predicted molar refractivity (Wildman–Crippen MR) is 186 cm³/mol. The Hall–Kier alpha value is -4.42. The van der Waals surface area contributed by atoms with Gasteiger partial charge in [-0.3, -0.25) is 24.2 Å². The summed E-state index contributed by atoms with van der Waals surface area (Å²) in [6, 6.07) is 2.41. The molecule has 1 heterocycles. The molecule has 1 fully saturated rings. The van der Waals surface area contributed by atoms with Crippen molar-refractivity contribution < 1.29 is 72.8 Å². The van der Waals surface area contributed by atoms with Gasteiger partial charge < -0.3 is 48.8 Å². The molecule has 290 valence electrons. The normalized spacial score (nSPS) is 31.3. The minimum Gasteiger partial charge on any atom is -0.507 e. The Bertz CT molecular complexity index is 2000. The first-order chi connectivity index (χ1) is 25.5. The monoisotopic (exact) mass is 753 g/mol. The third-order valence-electron chi connectivity index (χ3n) is 10.9. The number of aromatic hydroxyl groups is 2. The third-order valence-corrected chi connectivity index (χ3v) is 10.9. The second-order valence-corrected chi connectivity index (χ2v) is 14.3. The van der Waals surface area contributed by atoms with E-state index in [-0.39, 0.29) is 46.9 Å². The summed E-state index contributed by atoms with van der Waals surface area (Å²) >= 11 is 0. The number of ether oxygens (including phenoxy) is 6. The molecule has 0 radical (unpaired) electrons. The number of benzene rings is 2. The highest BCUT2D eigenvalue weighted by Gasteiger charge is 2.74. The molecule has 54 heavy (non-hydrogen) atoms. The number of methoxy groups -OCH3 is 4. The molecule has 8 atom stereocenters. The van der Waals surface area contributed by atoms with Gasteiger partial charge in [0.05, 0.1) is 42.1 Å². The van der Waals surface area contributed by atoms with Gasteiger partial charge in [0.1, 0.15) is 35.4 Å². The Morgan fingerprint density at radius 1 is 0.944 bits per heavy atom. The van der Waals surface area contributed by atoms with Crippen LogP contribution in [0.1, 0.15) is 95.7 Å². The highest BCUT2D eigenvalue weighted by atomic mass is 16.6. The van der Waals surface area contributed by atoms with Crippen LogP contribution in [0.4, 0.5) is 0 Å². The van der Waals surface area contributed by atoms with Crippen molar-refractivity contribution in [2.75, 3.05) is 35.0 Å². The molecular formula is C38H43NO15. The van der Waals surface area contributed by atoms with Crippen LogP contribution in [0.3, 0.4) is 0 Å². The van der Waals surface area contributed by atoms with E-state index >= 15 is 4.79 Å². The van der Waals surface area contributed by atoms with E-state index in [9.17, 15) is 39.6 Å². The maximum absolute atomic E-state index is 15.1. The standard InChI is InChI=1S/C38H43NO15/c1-14(2)13-53-36(48)23-15(3)9-17-10-22(41)37(51-7)34(47)25-19(33(46)38(37,52-8)26(17)29(23)44)11-18-24(28(25)43)21(40)12-20(27(18)42)39-35-32(50-6)30(45)31(49-5)16(4)54-35/h9,11,14,16,22,30-32,35,41,43-45H,10,12-13H2,1-8H3. The number of Topliss-reactive ketones (excluding diaryl/α,β-unsaturated/α-hetero) is 4. The topological polar surface area (TPSA) is 234 Å². The molecule has 2 aromatic carbocycles. The van der Waals surface area contributed by atoms with Crippen molar-refractivity contribution in [3.05, 3.63) is 56.6 Å². The third kappa shape index (κ3) is 5.30. The molecule has 1 aliphatic heterocycles. The number of rotatable bonds is 8. The molecule has 0 aromatic heterocycles. The molecule has 6 rings (SSSR count). The second kappa shape index (κ2) is 14.0. The molecule has 3 aliphatic carbocycles. The SMILES string of the molecule is COC1C(C)OC(N=C2CC(=O)c3c(cc4c(c3O)C(=O)C3(OC)C(O)Cc5cc(C)c(C(=O)OCC(C)C)c(O)c5C3(OC)C4=O)C2=O)C(OC)C1O. The van der Waals surface area contributed by atoms with E-state index in [2.05, 4.69) is 4.99 Å². The first kappa shape index (κ1) is 39.3. The number of hydrogen-bond donors (Lipinski definition) is 4. The summed E-state index contributed by atoms with van der Waals surface area (Å²) in [5.41, 5.74) is -8.32. The van der Waals surface area contributed by atoms with Gasteiger partial charge in [-0.05, 0) is 37.0 Å². The number of fused-ring (bicyclic) bond motifs is 5. The lowest BCUT2D eigenvalue weighted by molar-refractivity contribution is -0.228. The van der Waals surface area contributed by atoms with Crippen LogP contribution in [-0.4, -0.2) is 133 Å². The zero-order valence-corrected chi connectivity index (χ0v) is 31.0. The van der Waals surface area contributed by atoms with Gasteiger partial charge in [0, 0.05) is 51.6 Å². The number of esters is 1. The van der Waals surface area contributed by atoms with Gasteiger partial charge in [-0.15, -0.1) is 0 Å². The molecule has 4 aliphatic rings. The Morgan fingerprint density at radius 3 is 2.20 bits per heavy atom. The van der Waals surface area contributed by atoms with Crippen LogP contribution < -0.4 is 0 Å². The van der Waals surface area contributed by atoms with Crippen LogP contribution in [0.25, 0.3) is 0 Å². The zero-order chi connectivity index (χ0) is 39.8. The summed E-state index contributed by atoms with van der Waals surface area (Å²) in [6.07, 6.45) is -7.93. The van der Waals surface area contributed by atoms with Crippen molar-refractivity contribution in [3.8, 4) is 11.5 Å². The summed E-state index contributed by atoms with van der Waals surface area (Å²) in [5, 5.41) is 46.1. The van der Waals surface area contributed by atoms with Crippen LogP contribution in [0, 0.1) is 12.8 Å². The van der Waals surface area contributed by atoms with Crippen molar-refractivity contribution in [1.82, 2.24) is 0 Å². The molecule has 2 aromatic rings. The van der Waals surface area contributed by atoms with Crippen molar-refractivity contribution in [3.63, 3.8) is 0 Å². The highest BCUT2D eigenvalue weighted by molar-refractivity contribution is 6.53. The minimum absolute atomic E-state index is 0.00440. The molecule has 0 saturated carbocycles. The zero-order valence-electron chi connectivity index (χ0n) is 31.0. The smallest absolute Gasteiger partial charge is 0.342 e. The summed E-state index contributed by atoms with van der Waals surface area (Å²) in [7, 11) is 4.75. The van der Waals surface area contributed by atoms with Crippen molar-refractivity contribution >= 4 is 34.8 Å². The van der Waals surface area contributed by atoms with Gasteiger partial charge in [0.15, 0.2) is 23.2 Å². The molecule has 4 N–H and O–H groups in total. The number of aliphatic hydroxyl groups excluding tert-OH is 2. The van der Waals surface area contributed by atoms with Gasteiger partial charge in [0.25, 0.3) is 0 Å². The van der Waals surface area contributed by atoms with E-state index in [1.165, 1.54) is 27.2 Å². The maximum atomic E-state index is 15.1. The number of aliphatic hydroxyl groups is 2. The van der Waals surface area contributed by atoms with Gasteiger partial charge in [-0.2, -0.15) is 0 Å². The number of aliphatic imine (C=N–C) groups is 1. The van der Waals surface area contributed by atoms with E-state index < -0.39 is 117 Å². The number of ketones is 4. The van der Waals surface area contributed by atoms with Crippen LogP contribution in [0.5, 0.6) is 11.5 Å². The number of aryl methyl sites for hydroxylation is 1. The van der Waals surface area contributed by atoms with E-state index in [0.29, 0.717) is 0 Å². The molecule has 16 heteroatoms. The molecule has 0 spiro atoms. The Kier molecular flexibility index (Phi) is 10.2. The number of carbonyl (C=O) groups excluding carboxylic acids is 5. The molecular weight excluding hydrogens is 710 g/mol. The van der Waals surface area contributed by atoms with Crippen LogP contribution >= 0.6 is 0 Å². The van der Waals surface area contributed by atoms with Gasteiger partial charge >= 0.3 is 5.97 Å². The Balaban J connectivity index is 1.55. The quantitative estimate of drug-likeness (QED) is 0.282. The van der Waals surface area contributed by atoms with E-state index in [1.54, 1.807) is 6.92 Å². The van der Waals surface area contributed by atoms with Crippen LogP contribution in [-0.2, 0) is 40.4 Å². The first-order valence-corrected chi connectivity index (χ1v) is 17.3. The summed E-state index contributed by atoms with van der Waals surface area (Å²) < 4.78 is 33.7. The lowest BCUT2D eigenvalue weighted by Crippen LogP contribution is -2.73. The number of carbonyl (C=O) groups is 5. The molecule has 0 bridgehead atoms. The number of hydrogen-bond acceptors (Lipinski definition) is 16. The average Bonchev–Trinajstić information content (AvgIpc) is 3.11. The number of nitrogens with zero attached hydrogens (tertiary/aromatic N) is 1. The predicted octanol–water partition coefficient (Wildman–Crippen LogP) is 1.79. The Morgan fingerprint density at radius 2 is 1.61 bits per heavy atom. The molecule has 16 nitrogen and oxygen atoms in total. The van der Waals surface area contributed by atoms with Crippen molar-refractivity contribution in [1.29, 1.82) is 0 Å². The van der Waals surface area contributed by atoms with Crippen molar-refractivity contribution in [2.24, 2.45) is 10.9 Å². The highest BCUT2D eigenvalue weighted by Crippen LogP contribution is 2.58. The van der Waals surface area contributed by atoms with Crippen LogP contribution in [0.2, 0.25) is 0 Å². The first-order valence-electron chi connectivity index (χ1n) is 17.3. The van der Waals surface area contributed by atoms with Gasteiger partial charge in [0.2, 0.25) is 17.3 Å². The molecule has 0 amide bonds. The van der Waals surface area contributed by atoms with Gasteiger partial charge in [-0.1, -0.05) is 19.9 Å². The van der Waals surface area contributed by atoms with E-state index in [4.69, 9.17) is 28.4 Å². The molecule has 8 unspecified atom stereocenters. The average molecular weight is 754 g/mol. The largest absolute Gasteiger partial charge is 0.507 e. The van der Waals surface area contributed by atoms with Gasteiger partial charge in [-0.25, -0.2) is 4.79 Å². The molecule has 1 saturated heterocycles. The summed E-state index contributed by atoms with van der Waals surface area (Å²) in [5.74, 6) is -6.79. The minimum atomic E-state index is -2.70. The van der Waals surface area contributed by atoms with Crippen molar-refractivity contribution in [2.45, 2.75) is 88.5 Å². The fourth-order valence-electron chi connectivity index (χ4n) is 8.43. The van der Waals surface area contributed by atoms with E-state index in [1.807, 2.05) is 13.8 Å². The fraction of sp³-hybridized carbons (Fsp3) is 0.526. The lowest BCUT2D eigenvalue weighted by atomic mass is 9.56. The van der Waals surface area contributed by atoms with E-state index in [0.717, 1.165) is 20.3 Å². The maximum Gasteiger partial charge on any atom is 0.342 e. The summed E-state index contributed by atoms with van der Waals surface area (Å²) in [4.78, 5) is 75.3. The lowest BCUT2D eigenvalue weighted by Gasteiger charge is -2.54. The second-order valence-electron chi connectivity index (χ2n) is 14.3. The number of phenolic OH excluding ortho intramolecular Hbond substituents is 2. The Labute approximate surface area is 310 Å². The van der Waals surface area contributed by atoms with Crippen LogP contribution in [0.15, 0.2) is 17.1 Å².